The molecule has 146 valence electrons. The van der Waals surface area contributed by atoms with Gasteiger partial charge in [-0.05, 0) is 19.3 Å². The maximum Gasteiger partial charge on any atom is 0.250 e. The fourth-order valence-corrected chi connectivity index (χ4v) is 4.02. The Bertz CT molecular complexity index is 615. The van der Waals surface area contributed by atoms with Crippen molar-refractivity contribution in [3.8, 4) is 0 Å². The number of carbonyl (C=O) groups excluding carboxylic acids is 1. The van der Waals surface area contributed by atoms with E-state index >= 15 is 0 Å². The highest BCUT2D eigenvalue weighted by Gasteiger charge is 2.42. The van der Waals surface area contributed by atoms with Crippen LogP contribution < -0.4 is 5.32 Å². The normalized spacial score (nSPS) is 26.9. The van der Waals surface area contributed by atoms with E-state index in [1.165, 1.54) is 7.11 Å². The zero-order chi connectivity index (χ0) is 18.7. The number of ether oxygens (including phenoxy) is 1. The van der Waals surface area contributed by atoms with E-state index in [0.29, 0.717) is 31.5 Å². The van der Waals surface area contributed by atoms with Crippen LogP contribution in [-0.2, 0) is 9.53 Å². The van der Waals surface area contributed by atoms with E-state index in [9.17, 15) is 18.7 Å². The lowest BCUT2D eigenvalue weighted by Gasteiger charge is -2.37. The fourth-order valence-electron chi connectivity index (χ4n) is 4.02. The van der Waals surface area contributed by atoms with Gasteiger partial charge >= 0.3 is 0 Å². The number of aromatic nitrogens is 2. The van der Waals surface area contributed by atoms with E-state index < -0.39 is 5.92 Å². The van der Waals surface area contributed by atoms with Crippen molar-refractivity contribution in [1.82, 2.24) is 14.7 Å². The molecule has 0 radical (unpaired) electrons. The predicted octanol–water partition coefficient (Wildman–Crippen LogP) is 1.65. The van der Waals surface area contributed by atoms with Crippen molar-refractivity contribution >= 4 is 11.6 Å². The highest BCUT2D eigenvalue weighted by atomic mass is 19.3. The summed E-state index contributed by atoms with van der Waals surface area (Å²) in [6.45, 7) is 0.637. The first-order chi connectivity index (χ1) is 12.4. The molecule has 0 aromatic carbocycles. The van der Waals surface area contributed by atoms with Gasteiger partial charge in [0, 0.05) is 44.8 Å². The van der Waals surface area contributed by atoms with Gasteiger partial charge in [0.1, 0.15) is 6.61 Å². The standard InChI is InChI=1S/C17H26F2N4O3/c1-26-11-16(25)21-12-7-20-23(8-12)14-6-15(10-24)22(9-14)13-2-4-17(18,19)5-3-13/h7-8,13-15,24H,2-6,9-11H2,1H3,(H,21,25)/t14-,15-/m0/s1. The van der Waals surface area contributed by atoms with Gasteiger partial charge in [0.25, 0.3) is 0 Å². The topological polar surface area (TPSA) is 79.6 Å². The second kappa shape index (κ2) is 7.98. The maximum atomic E-state index is 13.4. The minimum absolute atomic E-state index is 0.00208. The number of hydrogen-bond acceptors (Lipinski definition) is 5. The molecule has 0 bridgehead atoms. The Hall–Kier alpha value is -1.58. The van der Waals surface area contributed by atoms with E-state index in [1.807, 2.05) is 0 Å². The molecule has 0 spiro atoms. The lowest BCUT2D eigenvalue weighted by atomic mass is 9.91. The van der Waals surface area contributed by atoms with Crippen molar-refractivity contribution in [2.24, 2.45) is 0 Å². The van der Waals surface area contributed by atoms with Crippen LogP contribution in [0, 0.1) is 0 Å². The summed E-state index contributed by atoms with van der Waals surface area (Å²) in [7, 11) is 1.45. The average molecular weight is 372 g/mol. The number of alkyl halides is 2. The van der Waals surface area contributed by atoms with Gasteiger partial charge in [-0.1, -0.05) is 0 Å². The quantitative estimate of drug-likeness (QED) is 0.794. The van der Waals surface area contributed by atoms with Gasteiger partial charge < -0.3 is 15.2 Å². The Balaban J connectivity index is 1.62. The first kappa shape index (κ1) is 19.2. The van der Waals surface area contributed by atoms with Gasteiger partial charge in [0.2, 0.25) is 11.8 Å². The van der Waals surface area contributed by atoms with Gasteiger partial charge in [-0.25, -0.2) is 8.78 Å². The van der Waals surface area contributed by atoms with Crippen molar-refractivity contribution in [3.63, 3.8) is 0 Å². The maximum absolute atomic E-state index is 13.4. The molecule has 1 aliphatic heterocycles. The Labute approximate surface area is 151 Å². The number of nitrogens with one attached hydrogen (secondary N) is 1. The van der Waals surface area contributed by atoms with Crippen LogP contribution in [0.5, 0.6) is 0 Å². The number of likely N-dealkylation sites (tertiary alicyclic amines) is 1. The Morgan fingerprint density at radius 3 is 2.81 bits per heavy atom. The number of hydrogen-bond donors (Lipinski definition) is 2. The van der Waals surface area contributed by atoms with Gasteiger partial charge in [-0.3, -0.25) is 14.4 Å². The van der Waals surface area contributed by atoms with Gasteiger partial charge in [-0.15, -0.1) is 0 Å². The monoisotopic (exact) mass is 372 g/mol. The molecule has 1 saturated heterocycles. The SMILES string of the molecule is COCC(=O)Nc1cnn([C@H]2C[C@@H](CO)N(C3CCC(F)(F)CC3)C2)c1. The summed E-state index contributed by atoms with van der Waals surface area (Å²) in [5.41, 5.74) is 0.586. The molecule has 1 aromatic heterocycles. The number of amides is 1. The zero-order valence-electron chi connectivity index (χ0n) is 14.9. The fraction of sp³-hybridized carbons (Fsp3) is 0.765. The summed E-state index contributed by atoms with van der Waals surface area (Å²) >= 11 is 0. The van der Waals surface area contributed by atoms with Crippen LogP contribution in [0.3, 0.4) is 0 Å². The molecule has 1 aliphatic carbocycles. The molecule has 7 nitrogen and oxygen atoms in total. The van der Waals surface area contributed by atoms with Crippen molar-refractivity contribution in [2.45, 2.75) is 56.2 Å². The highest BCUT2D eigenvalue weighted by Crippen LogP contribution is 2.39. The number of carbonyl (C=O) groups is 1. The number of halogens is 2. The molecule has 1 saturated carbocycles. The smallest absolute Gasteiger partial charge is 0.250 e. The molecule has 2 N–H and O–H groups in total. The van der Waals surface area contributed by atoms with Crippen molar-refractivity contribution < 1.29 is 23.4 Å². The van der Waals surface area contributed by atoms with E-state index in [-0.39, 0.29) is 50.1 Å². The van der Waals surface area contributed by atoms with E-state index in [2.05, 4.69) is 15.3 Å². The van der Waals surface area contributed by atoms with Gasteiger partial charge in [0.15, 0.2) is 0 Å². The van der Waals surface area contributed by atoms with Crippen molar-refractivity contribution in [2.75, 3.05) is 32.2 Å². The van der Waals surface area contributed by atoms with Crippen molar-refractivity contribution in [1.29, 1.82) is 0 Å². The summed E-state index contributed by atoms with van der Waals surface area (Å²) in [4.78, 5) is 13.7. The third kappa shape index (κ3) is 4.39. The Morgan fingerprint density at radius 2 is 2.15 bits per heavy atom. The minimum Gasteiger partial charge on any atom is -0.395 e. The van der Waals surface area contributed by atoms with Crippen LogP contribution in [0.15, 0.2) is 12.4 Å². The molecule has 9 heteroatoms. The average Bonchev–Trinajstić information content (AvgIpc) is 3.21. The molecule has 0 unspecified atom stereocenters. The second-order valence-electron chi connectivity index (χ2n) is 7.20. The molecule has 26 heavy (non-hydrogen) atoms. The van der Waals surface area contributed by atoms with E-state index in [0.717, 1.165) is 0 Å². The first-order valence-corrected chi connectivity index (χ1v) is 8.99. The summed E-state index contributed by atoms with van der Waals surface area (Å²) < 4.78 is 33.4. The lowest BCUT2D eigenvalue weighted by molar-refractivity contribution is -0.119. The zero-order valence-corrected chi connectivity index (χ0v) is 14.9. The molecule has 1 aromatic rings. The molecule has 3 rings (SSSR count). The number of nitrogens with zero attached hydrogens (tertiary/aromatic N) is 3. The van der Waals surface area contributed by atoms with Crippen LogP contribution in [0.1, 0.15) is 38.1 Å². The van der Waals surface area contributed by atoms with E-state index in [1.54, 1.807) is 17.1 Å². The van der Waals surface area contributed by atoms with E-state index in [4.69, 9.17) is 4.74 Å². The van der Waals surface area contributed by atoms with Crippen molar-refractivity contribution in [3.05, 3.63) is 12.4 Å². The van der Waals surface area contributed by atoms with Crippen LogP contribution >= 0.6 is 0 Å². The largest absolute Gasteiger partial charge is 0.395 e. The number of aliphatic hydroxyl groups is 1. The van der Waals surface area contributed by atoms with Crippen LogP contribution in [-0.4, -0.2) is 70.6 Å². The number of rotatable bonds is 6. The first-order valence-electron chi connectivity index (χ1n) is 8.99. The summed E-state index contributed by atoms with van der Waals surface area (Å²) in [6.07, 6.45) is 4.76. The van der Waals surface area contributed by atoms with Crippen LogP contribution in [0.2, 0.25) is 0 Å². The Kier molecular flexibility index (Phi) is 5.89. The molecule has 2 atom stereocenters. The summed E-state index contributed by atoms with van der Waals surface area (Å²) in [6, 6.07) is 0.0725. The Morgan fingerprint density at radius 1 is 1.42 bits per heavy atom. The predicted molar refractivity (Wildman–Crippen MR) is 91.2 cm³/mol. The minimum atomic E-state index is -2.55. The van der Waals surface area contributed by atoms with Gasteiger partial charge in [0.05, 0.1) is 24.5 Å². The summed E-state index contributed by atoms with van der Waals surface area (Å²) in [5, 5.41) is 16.7. The molecular formula is C17H26F2N4O3. The third-order valence-corrected chi connectivity index (χ3v) is 5.34. The number of methoxy groups -OCH3 is 1. The molecule has 2 fully saturated rings. The third-order valence-electron chi connectivity index (χ3n) is 5.34. The number of anilines is 1. The molecule has 2 aliphatic rings. The van der Waals surface area contributed by atoms with Crippen LogP contribution in [0.25, 0.3) is 0 Å². The molecule has 1 amide bonds. The van der Waals surface area contributed by atoms with Crippen LogP contribution in [0.4, 0.5) is 14.5 Å². The molecule has 2 heterocycles. The number of aliphatic hydroxyl groups excluding tert-OH is 1. The second-order valence-corrected chi connectivity index (χ2v) is 7.20. The molecular weight excluding hydrogens is 346 g/mol. The summed E-state index contributed by atoms with van der Waals surface area (Å²) in [5.74, 6) is -2.81. The highest BCUT2D eigenvalue weighted by molar-refractivity contribution is 5.91. The lowest BCUT2D eigenvalue weighted by Crippen LogP contribution is -2.44. The van der Waals surface area contributed by atoms with Gasteiger partial charge in [-0.2, -0.15) is 5.10 Å².